The number of ketones is 1. The molecule has 2 aliphatic rings. The SMILES string of the molecule is CCCC1CCC(C(=O)OC2CCC(CC(=O)c3ccc(OCC)c(F)c3C(F)F)CC2)CC1. The number of alkyl halides is 2. The Morgan fingerprint density at radius 2 is 1.62 bits per heavy atom. The minimum absolute atomic E-state index is 0.00488. The maximum Gasteiger partial charge on any atom is 0.309 e. The number of hydrogen-bond donors (Lipinski definition) is 0. The average molecular weight is 483 g/mol. The molecule has 0 aromatic heterocycles. The van der Waals surface area contributed by atoms with E-state index in [0.717, 1.165) is 31.6 Å². The molecule has 1 aromatic carbocycles. The highest BCUT2D eigenvalue weighted by atomic mass is 19.3. The highest BCUT2D eigenvalue weighted by Gasteiger charge is 2.32. The maximum absolute atomic E-state index is 14.5. The van der Waals surface area contributed by atoms with Crippen LogP contribution in [0.5, 0.6) is 5.75 Å². The monoisotopic (exact) mass is 482 g/mol. The van der Waals surface area contributed by atoms with Gasteiger partial charge in [0.25, 0.3) is 6.43 Å². The van der Waals surface area contributed by atoms with Crippen molar-refractivity contribution in [2.24, 2.45) is 17.8 Å². The summed E-state index contributed by atoms with van der Waals surface area (Å²) in [6.45, 7) is 3.96. The predicted octanol–water partition coefficient (Wildman–Crippen LogP) is 7.44. The van der Waals surface area contributed by atoms with Crippen molar-refractivity contribution in [3.63, 3.8) is 0 Å². The number of ether oxygens (including phenoxy) is 2. The van der Waals surface area contributed by atoms with E-state index in [0.29, 0.717) is 25.7 Å². The minimum atomic E-state index is -3.11. The topological polar surface area (TPSA) is 52.6 Å². The molecule has 0 bridgehead atoms. The van der Waals surface area contributed by atoms with E-state index in [-0.39, 0.29) is 48.2 Å². The molecule has 3 rings (SSSR count). The summed E-state index contributed by atoms with van der Waals surface area (Å²) in [4.78, 5) is 25.4. The first-order valence-electron chi connectivity index (χ1n) is 12.8. The second-order valence-electron chi connectivity index (χ2n) is 9.79. The lowest BCUT2D eigenvalue weighted by Crippen LogP contribution is -2.30. The van der Waals surface area contributed by atoms with Gasteiger partial charge >= 0.3 is 5.97 Å². The molecule has 7 heteroatoms. The molecule has 2 fully saturated rings. The number of carbonyl (C=O) groups excluding carboxylic acids is 2. The number of halogens is 3. The molecule has 0 unspecified atom stereocenters. The molecule has 0 radical (unpaired) electrons. The molecule has 2 aliphatic carbocycles. The largest absolute Gasteiger partial charge is 0.491 e. The van der Waals surface area contributed by atoms with E-state index >= 15 is 0 Å². The summed E-state index contributed by atoms with van der Waals surface area (Å²) in [6.07, 6.45) is 5.90. The lowest BCUT2D eigenvalue weighted by atomic mass is 9.80. The van der Waals surface area contributed by atoms with Gasteiger partial charge in [0.1, 0.15) is 6.10 Å². The van der Waals surface area contributed by atoms with Gasteiger partial charge in [-0.15, -0.1) is 0 Å². The van der Waals surface area contributed by atoms with E-state index in [1.54, 1.807) is 6.92 Å². The molecule has 0 atom stereocenters. The highest BCUT2D eigenvalue weighted by molar-refractivity contribution is 5.98. The van der Waals surface area contributed by atoms with Crippen LogP contribution in [0.2, 0.25) is 0 Å². The predicted molar refractivity (Wildman–Crippen MR) is 124 cm³/mol. The van der Waals surface area contributed by atoms with Gasteiger partial charge in [-0.1, -0.05) is 19.8 Å². The van der Waals surface area contributed by atoms with Crippen molar-refractivity contribution in [3.05, 3.63) is 29.1 Å². The fraction of sp³-hybridized carbons (Fsp3) is 0.704. The molecule has 1 aromatic rings. The van der Waals surface area contributed by atoms with Crippen LogP contribution in [0.15, 0.2) is 12.1 Å². The number of carbonyl (C=O) groups is 2. The van der Waals surface area contributed by atoms with Crippen LogP contribution in [-0.4, -0.2) is 24.5 Å². The zero-order valence-corrected chi connectivity index (χ0v) is 20.3. The number of benzene rings is 1. The second-order valence-corrected chi connectivity index (χ2v) is 9.79. The van der Waals surface area contributed by atoms with Gasteiger partial charge in [-0.05, 0) is 82.3 Å². The Morgan fingerprint density at radius 3 is 2.21 bits per heavy atom. The number of esters is 1. The molecule has 34 heavy (non-hydrogen) atoms. The van der Waals surface area contributed by atoms with E-state index < -0.39 is 23.6 Å². The number of Topliss-reactive ketones (excluding diaryl/α,β-unsaturated/α-hetero) is 1. The molecule has 0 N–H and O–H groups in total. The van der Waals surface area contributed by atoms with Gasteiger partial charge in [-0.3, -0.25) is 9.59 Å². The minimum Gasteiger partial charge on any atom is -0.491 e. The zero-order chi connectivity index (χ0) is 24.7. The Labute approximate surface area is 200 Å². The molecule has 0 spiro atoms. The van der Waals surface area contributed by atoms with Crippen LogP contribution in [0, 0.1) is 23.6 Å². The second kappa shape index (κ2) is 12.6. The molecule has 0 amide bonds. The first-order valence-corrected chi connectivity index (χ1v) is 12.8. The third-order valence-electron chi connectivity index (χ3n) is 7.39. The molecule has 2 saturated carbocycles. The smallest absolute Gasteiger partial charge is 0.309 e. The molecule has 0 saturated heterocycles. The van der Waals surface area contributed by atoms with Crippen molar-refractivity contribution < 1.29 is 32.2 Å². The summed E-state index contributed by atoms with van der Waals surface area (Å²) in [5.74, 6) is -1.28. The van der Waals surface area contributed by atoms with Crippen molar-refractivity contribution in [3.8, 4) is 5.75 Å². The quantitative estimate of drug-likeness (QED) is 0.257. The molecular weight excluding hydrogens is 445 g/mol. The van der Waals surface area contributed by atoms with Crippen LogP contribution in [0.25, 0.3) is 0 Å². The number of hydrogen-bond acceptors (Lipinski definition) is 4. The Balaban J connectivity index is 1.49. The van der Waals surface area contributed by atoms with Crippen molar-refractivity contribution >= 4 is 11.8 Å². The summed E-state index contributed by atoms with van der Waals surface area (Å²) in [5, 5.41) is 0. The Kier molecular flexibility index (Phi) is 9.84. The standard InChI is InChI=1S/C27H37F3O4/c1-3-5-17-6-10-19(11-7-17)27(32)34-20-12-8-18(9-13-20)16-22(31)21-14-15-23(33-4-2)25(28)24(21)26(29)30/h14-15,17-20,26H,3-13,16H2,1-2H3. The van der Waals surface area contributed by atoms with E-state index in [9.17, 15) is 22.8 Å². The summed E-state index contributed by atoms with van der Waals surface area (Å²) in [6, 6.07) is 2.48. The Bertz CT molecular complexity index is 825. The fourth-order valence-corrected chi connectivity index (χ4v) is 5.48. The van der Waals surface area contributed by atoms with Crippen LogP contribution >= 0.6 is 0 Å². The molecule has 4 nitrogen and oxygen atoms in total. The van der Waals surface area contributed by atoms with E-state index in [2.05, 4.69) is 6.92 Å². The normalized spacial score (nSPS) is 25.2. The third kappa shape index (κ3) is 6.76. The summed E-state index contributed by atoms with van der Waals surface area (Å²) in [7, 11) is 0. The lowest BCUT2D eigenvalue weighted by Gasteiger charge is -2.31. The van der Waals surface area contributed by atoms with Gasteiger partial charge in [0.2, 0.25) is 0 Å². The molecule has 190 valence electrons. The van der Waals surface area contributed by atoms with Gasteiger partial charge in [-0.25, -0.2) is 13.2 Å². The van der Waals surface area contributed by atoms with Crippen molar-refractivity contribution in [1.82, 2.24) is 0 Å². The Hall–Kier alpha value is -2.05. The first kappa shape index (κ1) is 26.6. The average Bonchev–Trinajstić information content (AvgIpc) is 2.82. The Morgan fingerprint density at radius 1 is 0.971 bits per heavy atom. The van der Waals surface area contributed by atoms with Crippen LogP contribution in [0.3, 0.4) is 0 Å². The van der Waals surface area contributed by atoms with Crippen LogP contribution in [0.1, 0.15) is 107 Å². The van der Waals surface area contributed by atoms with Gasteiger partial charge in [0.15, 0.2) is 17.3 Å². The third-order valence-corrected chi connectivity index (χ3v) is 7.39. The van der Waals surface area contributed by atoms with Crippen LogP contribution < -0.4 is 4.74 Å². The number of rotatable bonds is 10. The van der Waals surface area contributed by atoms with Gasteiger partial charge in [0.05, 0.1) is 18.1 Å². The van der Waals surface area contributed by atoms with Gasteiger partial charge in [0, 0.05) is 12.0 Å². The zero-order valence-electron chi connectivity index (χ0n) is 20.3. The molecule has 0 heterocycles. The maximum atomic E-state index is 14.5. The van der Waals surface area contributed by atoms with E-state index in [1.165, 1.54) is 25.0 Å². The van der Waals surface area contributed by atoms with Crippen molar-refractivity contribution in [1.29, 1.82) is 0 Å². The first-order chi connectivity index (χ1) is 16.3. The lowest BCUT2D eigenvalue weighted by molar-refractivity contribution is -0.157. The molecular formula is C27H37F3O4. The van der Waals surface area contributed by atoms with Gasteiger partial charge in [-0.2, -0.15) is 0 Å². The summed E-state index contributed by atoms with van der Waals surface area (Å²) >= 11 is 0. The van der Waals surface area contributed by atoms with Crippen molar-refractivity contribution in [2.45, 2.75) is 97.0 Å². The summed E-state index contributed by atoms with van der Waals surface area (Å²) < 4.78 is 52.4. The van der Waals surface area contributed by atoms with E-state index in [1.807, 2.05) is 0 Å². The molecule has 0 aliphatic heterocycles. The van der Waals surface area contributed by atoms with E-state index in [4.69, 9.17) is 9.47 Å². The van der Waals surface area contributed by atoms with Crippen LogP contribution in [0.4, 0.5) is 13.2 Å². The van der Waals surface area contributed by atoms with Crippen molar-refractivity contribution in [2.75, 3.05) is 6.61 Å². The van der Waals surface area contributed by atoms with Gasteiger partial charge < -0.3 is 9.47 Å². The van der Waals surface area contributed by atoms with Crippen LogP contribution in [-0.2, 0) is 9.53 Å². The highest BCUT2D eigenvalue weighted by Crippen LogP contribution is 2.36. The summed E-state index contributed by atoms with van der Waals surface area (Å²) in [5.41, 5.74) is -1.16. The fourth-order valence-electron chi connectivity index (χ4n) is 5.48.